The summed E-state index contributed by atoms with van der Waals surface area (Å²) >= 11 is 0. The highest BCUT2D eigenvalue weighted by Gasteiger charge is 2.31. The van der Waals surface area contributed by atoms with E-state index in [1.54, 1.807) is 31.2 Å². The number of carboxylic acid groups (broad SMARTS) is 1. The molecule has 0 spiro atoms. The average molecular weight is 483 g/mol. The Kier molecular flexibility index (Phi) is 6.01. The maximum atomic E-state index is 13.2. The molecule has 182 valence electrons. The summed E-state index contributed by atoms with van der Waals surface area (Å²) in [5.41, 5.74) is 8.99. The van der Waals surface area contributed by atoms with Crippen LogP contribution in [0, 0.1) is 6.92 Å². The monoisotopic (exact) mass is 482 g/mol. The van der Waals surface area contributed by atoms with Crippen LogP contribution in [0.3, 0.4) is 0 Å². The highest BCUT2D eigenvalue weighted by molar-refractivity contribution is 6.71. The van der Waals surface area contributed by atoms with E-state index in [2.05, 4.69) is 21.7 Å². The van der Waals surface area contributed by atoms with Gasteiger partial charge in [-0.15, -0.1) is 0 Å². The minimum atomic E-state index is -1.05. The molecule has 3 aromatic rings. The lowest BCUT2D eigenvalue weighted by molar-refractivity contribution is -0.112. The van der Waals surface area contributed by atoms with Crippen molar-refractivity contribution in [3.63, 3.8) is 0 Å². The summed E-state index contributed by atoms with van der Waals surface area (Å²) < 4.78 is 0. The lowest BCUT2D eigenvalue weighted by Gasteiger charge is -2.19. The lowest BCUT2D eigenvalue weighted by Crippen LogP contribution is -2.28. The zero-order valence-electron chi connectivity index (χ0n) is 20.1. The zero-order valence-corrected chi connectivity index (χ0v) is 20.1. The molecular formula is C28H26N4O4. The highest BCUT2D eigenvalue weighted by atomic mass is 16.4. The van der Waals surface area contributed by atoms with Gasteiger partial charge in [0, 0.05) is 5.56 Å². The highest BCUT2D eigenvalue weighted by Crippen LogP contribution is 2.37. The summed E-state index contributed by atoms with van der Waals surface area (Å²) in [6.07, 6.45) is 4.39. The van der Waals surface area contributed by atoms with Crippen molar-refractivity contribution in [2.75, 3.05) is 10.4 Å². The molecule has 1 amide bonds. The van der Waals surface area contributed by atoms with Crippen LogP contribution in [0.25, 0.3) is 11.1 Å². The van der Waals surface area contributed by atoms with Crippen LogP contribution < -0.4 is 10.4 Å². The maximum Gasteiger partial charge on any atom is 0.335 e. The average Bonchev–Trinajstić information content (AvgIpc) is 3.17. The summed E-state index contributed by atoms with van der Waals surface area (Å²) in [7, 11) is 0. The van der Waals surface area contributed by atoms with E-state index in [1.807, 2.05) is 19.1 Å². The molecule has 36 heavy (non-hydrogen) atoms. The van der Waals surface area contributed by atoms with Gasteiger partial charge in [-0.2, -0.15) is 15.2 Å². The Labute approximate surface area is 208 Å². The van der Waals surface area contributed by atoms with E-state index in [9.17, 15) is 19.8 Å². The van der Waals surface area contributed by atoms with E-state index in [4.69, 9.17) is 0 Å². The zero-order chi connectivity index (χ0) is 25.4. The first-order chi connectivity index (χ1) is 17.3. The molecule has 0 radical (unpaired) electrons. The van der Waals surface area contributed by atoms with Gasteiger partial charge in [0.15, 0.2) is 5.71 Å². The van der Waals surface area contributed by atoms with Crippen LogP contribution in [0.5, 0.6) is 5.75 Å². The van der Waals surface area contributed by atoms with Gasteiger partial charge >= 0.3 is 11.9 Å². The topological polar surface area (TPSA) is 115 Å². The fourth-order valence-corrected chi connectivity index (χ4v) is 4.67. The second-order valence-electron chi connectivity index (χ2n) is 9.13. The molecule has 0 bridgehead atoms. The number of anilines is 2. The molecular weight excluding hydrogens is 456 g/mol. The smallest absolute Gasteiger partial charge is 0.335 e. The third-order valence-electron chi connectivity index (χ3n) is 6.53. The van der Waals surface area contributed by atoms with Gasteiger partial charge < -0.3 is 10.2 Å². The Bertz CT molecular complexity index is 1460. The Morgan fingerprint density at radius 3 is 2.58 bits per heavy atom. The van der Waals surface area contributed by atoms with Gasteiger partial charge in [-0.3, -0.25) is 10.2 Å². The van der Waals surface area contributed by atoms with E-state index in [0.29, 0.717) is 28.2 Å². The number of nitrogens with zero attached hydrogens (tertiary/aromatic N) is 3. The molecule has 2 aliphatic rings. The predicted molar refractivity (Wildman–Crippen MR) is 140 cm³/mol. The van der Waals surface area contributed by atoms with Gasteiger partial charge in [0.2, 0.25) is 0 Å². The number of aromatic carboxylic acids is 1. The molecule has 0 unspecified atom stereocenters. The van der Waals surface area contributed by atoms with Gasteiger partial charge in [0.1, 0.15) is 5.75 Å². The van der Waals surface area contributed by atoms with Crippen molar-refractivity contribution < 1.29 is 19.8 Å². The summed E-state index contributed by atoms with van der Waals surface area (Å²) in [5, 5.41) is 30.3. The van der Waals surface area contributed by atoms with Crippen molar-refractivity contribution in [2.45, 2.75) is 39.5 Å². The first-order valence-corrected chi connectivity index (χ1v) is 11.8. The van der Waals surface area contributed by atoms with E-state index in [0.717, 1.165) is 24.8 Å². The normalized spacial score (nSPS) is 16.2. The Balaban J connectivity index is 1.42. The Morgan fingerprint density at radius 1 is 1.03 bits per heavy atom. The summed E-state index contributed by atoms with van der Waals surface area (Å²) in [6.45, 7) is 3.57. The van der Waals surface area contributed by atoms with Crippen molar-refractivity contribution in [2.24, 2.45) is 10.2 Å². The number of aryl methyl sites for hydroxylation is 3. The molecule has 8 heteroatoms. The van der Waals surface area contributed by atoms with E-state index in [-0.39, 0.29) is 22.9 Å². The molecule has 0 aromatic heterocycles. The summed E-state index contributed by atoms with van der Waals surface area (Å²) in [5.74, 6) is -1.50. The third kappa shape index (κ3) is 4.33. The molecule has 3 aromatic carbocycles. The van der Waals surface area contributed by atoms with Gasteiger partial charge in [0.25, 0.3) is 0 Å². The number of hydrazone groups is 2. The lowest BCUT2D eigenvalue weighted by atomic mass is 9.91. The molecule has 0 saturated heterocycles. The number of phenols is 1. The summed E-state index contributed by atoms with van der Waals surface area (Å²) in [6, 6.07) is 15.8. The second kappa shape index (κ2) is 9.30. The van der Waals surface area contributed by atoms with Crippen LogP contribution in [-0.4, -0.2) is 33.5 Å². The minimum absolute atomic E-state index is 0.0981. The van der Waals surface area contributed by atoms with Gasteiger partial charge in [-0.1, -0.05) is 18.2 Å². The van der Waals surface area contributed by atoms with Crippen molar-refractivity contribution in [1.82, 2.24) is 0 Å². The van der Waals surface area contributed by atoms with Crippen molar-refractivity contribution in [3.8, 4) is 16.9 Å². The number of aromatic hydroxyl groups is 1. The number of nitrogens with one attached hydrogen (secondary N) is 1. The number of amides is 1. The van der Waals surface area contributed by atoms with Crippen LogP contribution >= 0.6 is 0 Å². The molecule has 0 saturated carbocycles. The molecule has 8 nitrogen and oxygen atoms in total. The number of carbonyl (C=O) groups is 2. The maximum absolute atomic E-state index is 13.2. The third-order valence-corrected chi connectivity index (χ3v) is 6.53. The first kappa shape index (κ1) is 23.3. The molecule has 0 atom stereocenters. The largest absolute Gasteiger partial charge is 0.505 e. The fourth-order valence-electron chi connectivity index (χ4n) is 4.67. The Hall–Kier alpha value is -4.46. The number of rotatable bonds is 5. The van der Waals surface area contributed by atoms with Crippen molar-refractivity contribution >= 4 is 34.7 Å². The van der Waals surface area contributed by atoms with Gasteiger partial charge in [-0.05, 0) is 98.2 Å². The quantitative estimate of drug-likeness (QED) is 0.344. The minimum Gasteiger partial charge on any atom is -0.505 e. The van der Waals surface area contributed by atoms with Gasteiger partial charge in [0.05, 0.1) is 22.6 Å². The Morgan fingerprint density at radius 2 is 1.81 bits per heavy atom. The van der Waals surface area contributed by atoms with Gasteiger partial charge in [-0.25, -0.2) is 4.79 Å². The number of carboxylic acids is 1. The van der Waals surface area contributed by atoms with E-state index in [1.165, 1.54) is 34.7 Å². The van der Waals surface area contributed by atoms with Crippen LogP contribution in [0.15, 0.2) is 64.8 Å². The first-order valence-electron chi connectivity index (χ1n) is 11.8. The number of benzene rings is 3. The van der Waals surface area contributed by atoms with Crippen LogP contribution in [0.1, 0.15) is 46.8 Å². The number of hydrogen-bond donors (Lipinski definition) is 3. The molecule has 5 rings (SSSR count). The molecule has 3 N–H and O–H groups in total. The number of hydrogen-bond acceptors (Lipinski definition) is 6. The SMILES string of the molecule is CC1=NN(c2ccc3c(c2)CCCC3)C(=O)/C1=N\Nc1cc(C)cc(-c2cccc(C(=O)O)c2)c1O. The van der Waals surface area contributed by atoms with Crippen molar-refractivity contribution in [3.05, 3.63) is 76.9 Å². The molecule has 1 aliphatic carbocycles. The standard InChI is InChI=1S/C28H26N4O4/c1-16-12-23(20-8-5-9-21(14-20)28(35)36)26(33)24(13-16)29-30-25-17(2)31-32(27(25)34)22-11-10-18-6-3-4-7-19(18)15-22/h5,8-15,29,33H,3-4,6-7H2,1-2H3,(H,35,36)/b30-25-. The number of fused-ring (bicyclic) bond motifs is 1. The van der Waals surface area contributed by atoms with E-state index < -0.39 is 5.97 Å². The van der Waals surface area contributed by atoms with Crippen molar-refractivity contribution in [1.29, 1.82) is 0 Å². The predicted octanol–water partition coefficient (Wildman–Crippen LogP) is 5.14. The van der Waals surface area contributed by atoms with Crippen LogP contribution in [-0.2, 0) is 17.6 Å². The molecule has 0 fully saturated rings. The number of phenolic OH excluding ortho intramolecular Hbond substituents is 1. The summed E-state index contributed by atoms with van der Waals surface area (Å²) in [4.78, 5) is 24.5. The van der Waals surface area contributed by atoms with Crippen LogP contribution in [0.4, 0.5) is 11.4 Å². The molecule has 1 heterocycles. The van der Waals surface area contributed by atoms with Crippen LogP contribution in [0.2, 0.25) is 0 Å². The fraction of sp³-hybridized carbons (Fsp3) is 0.214. The van der Waals surface area contributed by atoms with E-state index >= 15 is 0 Å². The molecule has 1 aliphatic heterocycles. The second-order valence-corrected chi connectivity index (χ2v) is 9.13. The number of carbonyl (C=O) groups excluding carboxylic acids is 1.